The van der Waals surface area contributed by atoms with Gasteiger partial charge in [-0.25, -0.2) is 0 Å². The van der Waals surface area contributed by atoms with E-state index < -0.39 is 0 Å². The fourth-order valence-electron chi connectivity index (χ4n) is 0.957. The van der Waals surface area contributed by atoms with Crippen molar-refractivity contribution in [2.24, 2.45) is 0 Å². The molecule has 0 amide bonds. The first-order chi connectivity index (χ1) is 5.74. The molecule has 0 radical (unpaired) electrons. The third-order valence-corrected chi connectivity index (χ3v) is 2.65. The number of hydrogen-bond donors (Lipinski definition) is 1. The summed E-state index contributed by atoms with van der Waals surface area (Å²) < 4.78 is 4.96. The van der Waals surface area contributed by atoms with Crippen LogP contribution in [0.2, 0.25) is 0 Å². The first-order valence-corrected chi connectivity index (χ1v) is 4.70. The Morgan fingerprint density at radius 1 is 1.50 bits per heavy atom. The molecule has 0 saturated heterocycles. The Bertz CT molecular complexity index is 263. The van der Waals surface area contributed by atoms with Crippen LogP contribution in [0.5, 0.6) is 0 Å². The predicted octanol–water partition coefficient (Wildman–Crippen LogP) is 2.27. The Labute approximate surface area is 77.1 Å². The second kappa shape index (κ2) is 4.38. The average Bonchev–Trinajstić information content (AvgIpc) is 2.03. The monoisotopic (exact) mass is 183 g/mol. The van der Waals surface area contributed by atoms with Crippen LogP contribution in [0.25, 0.3) is 0 Å². The normalized spacial score (nSPS) is 10.2. The minimum absolute atomic E-state index is 0.685. The van der Waals surface area contributed by atoms with E-state index in [4.69, 9.17) is 10.5 Å². The molecule has 2 nitrogen and oxygen atoms in total. The van der Waals surface area contributed by atoms with Crippen LogP contribution in [0.15, 0.2) is 23.1 Å². The number of nitrogens with two attached hydrogens (primary N) is 1. The van der Waals surface area contributed by atoms with E-state index in [0.29, 0.717) is 5.94 Å². The number of benzene rings is 1. The van der Waals surface area contributed by atoms with E-state index in [9.17, 15) is 0 Å². The van der Waals surface area contributed by atoms with Gasteiger partial charge in [-0.15, -0.1) is 0 Å². The van der Waals surface area contributed by atoms with Crippen molar-refractivity contribution in [3.05, 3.63) is 23.8 Å². The summed E-state index contributed by atoms with van der Waals surface area (Å²) in [5.41, 5.74) is 7.64. The van der Waals surface area contributed by atoms with E-state index in [-0.39, 0.29) is 0 Å². The zero-order chi connectivity index (χ0) is 8.97. The maximum Gasteiger partial charge on any atom is 0.0963 e. The highest BCUT2D eigenvalue weighted by molar-refractivity contribution is 7.99. The molecule has 0 heterocycles. The van der Waals surface area contributed by atoms with E-state index in [1.165, 1.54) is 10.5 Å². The molecule has 0 spiro atoms. The molecule has 12 heavy (non-hydrogen) atoms. The summed E-state index contributed by atoms with van der Waals surface area (Å²) in [6.07, 6.45) is 0. The summed E-state index contributed by atoms with van der Waals surface area (Å²) in [5, 5.41) is 0. The van der Waals surface area contributed by atoms with Crippen molar-refractivity contribution in [2.75, 3.05) is 18.8 Å². The molecule has 0 aromatic heterocycles. The average molecular weight is 183 g/mol. The lowest BCUT2D eigenvalue weighted by Crippen LogP contribution is -1.88. The molecule has 0 bridgehead atoms. The number of hydrogen-bond acceptors (Lipinski definition) is 3. The minimum atomic E-state index is 0.685. The van der Waals surface area contributed by atoms with Gasteiger partial charge in [0.15, 0.2) is 0 Å². The van der Waals surface area contributed by atoms with Crippen molar-refractivity contribution in [1.29, 1.82) is 0 Å². The Balaban J connectivity index is 2.72. The van der Waals surface area contributed by atoms with Gasteiger partial charge in [-0.05, 0) is 30.7 Å². The minimum Gasteiger partial charge on any atom is -0.399 e. The van der Waals surface area contributed by atoms with Crippen LogP contribution in [-0.4, -0.2) is 13.0 Å². The Morgan fingerprint density at radius 3 is 2.83 bits per heavy atom. The van der Waals surface area contributed by atoms with Crippen molar-refractivity contribution in [3.63, 3.8) is 0 Å². The van der Waals surface area contributed by atoms with Gasteiger partial charge in [-0.1, -0.05) is 11.8 Å². The van der Waals surface area contributed by atoms with Crippen molar-refractivity contribution in [3.8, 4) is 0 Å². The first kappa shape index (κ1) is 9.42. The second-order valence-electron chi connectivity index (χ2n) is 2.58. The van der Waals surface area contributed by atoms with Gasteiger partial charge in [-0.3, -0.25) is 0 Å². The summed E-state index contributed by atoms with van der Waals surface area (Å²) >= 11 is 1.68. The quantitative estimate of drug-likeness (QED) is 0.443. The van der Waals surface area contributed by atoms with Crippen LogP contribution >= 0.6 is 11.8 Å². The van der Waals surface area contributed by atoms with Gasteiger partial charge >= 0.3 is 0 Å². The fourth-order valence-corrected chi connectivity index (χ4v) is 1.65. The molecular formula is C9H13NOS. The maximum absolute atomic E-state index is 5.62. The highest BCUT2D eigenvalue weighted by Gasteiger charge is 1.97. The Kier molecular flexibility index (Phi) is 3.44. The fraction of sp³-hybridized carbons (Fsp3) is 0.333. The lowest BCUT2D eigenvalue weighted by molar-refractivity contribution is 0.259. The highest BCUT2D eigenvalue weighted by Crippen LogP contribution is 2.23. The SMILES string of the molecule is COCSc1ccc(N)cc1C. The molecule has 0 aliphatic carbocycles. The van der Waals surface area contributed by atoms with Crippen LogP contribution in [0.1, 0.15) is 5.56 Å². The Hall–Kier alpha value is -0.670. The molecule has 0 saturated carbocycles. The van der Waals surface area contributed by atoms with Crippen molar-refractivity contribution < 1.29 is 4.74 Å². The summed E-state index contributed by atoms with van der Waals surface area (Å²) in [7, 11) is 1.69. The number of anilines is 1. The molecule has 66 valence electrons. The van der Waals surface area contributed by atoms with Gasteiger partial charge < -0.3 is 10.5 Å². The number of aryl methyl sites for hydroxylation is 1. The van der Waals surface area contributed by atoms with E-state index in [2.05, 4.69) is 0 Å². The lowest BCUT2D eigenvalue weighted by atomic mass is 10.2. The van der Waals surface area contributed by atoms with E-state index in [1.54, 1.807) is 18.9 Å². The highest BCUT2D eigenvalue weighted by atomic mass is 32.2. The molecule has 1 aromatic rings. The number of rotatable bonds is 3. The summed E-state index contributed by atoms with van der Waals surface area (Å²) in [5.74, 6) is 0.685. The topological polar surface area (TPSA) is 35.2 Å². The molecule has 0 unspecified atom stereocenters. The lowest BCUT2D eigenvalue weighted by Gasteiger charge is -2.04. The standard InChI is InChI=1S/C9H13NOS/c1-7-5-8(10)3-4-9(7)12-6-11-2/h3-5H,6,10H2,1-2H3. The second-order valence-corrected chi connectivity index (χ2v) is 3.54. The van der Waals surface area contributed by atoms with E-state index in [1.807, 2.05) is 25.1 Å². The van der Waals surface area contributed by atoms with Crippen molar-refractivity contribution in [1.82, 2.24) is 0 Å². The summed E-state index contributed by atoms with van der Waals surface area (Å²) in [6, 6.07) is 5.90. The summed E-state index contributed by atoms with van der Waals surface area (Å²) in [6.45, 7) is 2.05. The van der Waals surface area contributed by atoms with Gasteiger partial charge in [0.05, 0.1) is 5.94 Å². The van der Waals surface area contributed by atoms with Gasteiger partial charge in [0, 0.05) is 17.7 Å². The van der Waals surface area contributed by atoms with Crippen LogP contribution in [-0.2, 0) is 4.74 Å². The first-order valence-electron chi connectivity index (χ1n) is 3.72. The number of nitrogen functional groups attached to an aromatic ring is 1. The van der Waals surface area contributed by atoms with Crippen molar-refractivity contribution in [2.45, 2.75) is 11.8 Å². The molecule has 0 atom stereocenters. The third kappa shape index (κ3) is 2.43. The molecule has 3 heteroatoms. The molecule has 2 N–H and O–H groups in total. The van der Waals surface area contributed by atoms with Gasteiger partial charge in [0.25, 0.3) is 0 Å². The Morgan fingerprint density at radius 2 is 2.25 bits per heavy atom. The van der Waals surface area contributed by atoms with E-state index >= 15 is 0 Å². The largest absolute Gasteiger partial charge is 0.399 e. The van der Waals surface area contributed by atoms with Crippen LogP contribution in [0.3, 0.4) is 0 Å². The smallest absolute Gasteiger partial charge is 0.0963 e. The predicted molar refractivity (Wildman–Crippen MR) is 53.3 cm³/mol. The van der Waals surface area contributed by atoms with Crippen LogP contribution < -0.4 is 5.73 Å². The molecule has 1 aromatic carbocycles. The van der Waals surface area contributed by atoms with E-state index in [0.717, 1.165) is 5.69 Å². The van der Waals surface area contributed by atoms with Gasteiger partial charge in [0.1, 0.15) is 0 Å². The number of ether oxygens (including phenoxy) is 1. The van der Waals surface area contributed by atoms with Crippen LogP contribution in [0.4, 0.5) is 5.69 Å². The molecule has 0 aliphatic heterocycles. The maximum atomic E-state index is 5.62. The molecule has 0 fully saturated rings. The van der Waals surface area contributed by atoms with Gasteiger partial charge in [-0.2, -0.15) is 0 Å². The molecule has 0 aliphatic rings. The third-order valence-electron chi connectivity index (χ3n) is 1.53. The summed E-state index contributed by atoms with van der Waals surface area (Å²) in [4.78, 5) is 1.23. The zero-order valence-corrected chi connectivity index (χ0v) is 8.15. The van der Waals surface area contributed by atoms with Crippen molar-refractivity contribution >= 4 is 17.4 Å². The molecule has 1 rings (SSSR count). The number of methoxy groups -OCH3 is 1. The number of thioether (sulfide) groups is 1. The van der Waals surface area contributed by atoms with Crippen LogP contribution in [0, 0.1) is 6.92 Å². The zero-order valence-electron chi connectivity index (χ0n) is 7.33. The van der Waals surface area contributed by atoms with Gasteiger partial charge in [0.2, 0.25) is 0 Å². The molecular weight excluding hydrogens is 170 g/mol.